The van der Waals surface area contributed by atoms with Gasteiger partial charge < -0.3 is 10.6 Å². The average Bonchev–Trinajstić information content (AvgIpc) is 2.43. The Hall–Kier alpha value is -0.950. The van der Waals surface area contributed by atoms with Crippen LogP contribution in [0.4, 0.5) is 0 Å². The molecule has 20 heavy (non-hydrogen) atoms. The monoisotopic (exact) mass is 299 g/mol. The van der Waals surface area contributed by atoms with Crippen LogP contribution in [-0.4, -0.2) is 39.5 Å². The molecule has 1 rings (SSSR count). The fraction of sp³-hybridized carbons (Fsp3) is 0.571. The van der Waals surface area contributed by atoms with Crippen molar-refractivity contribution in [3.05, 3.63) is 29.8 Å². The number of rotatable bonds is 8. The Morgan fingerprint density at radius 2 is 1.95 bits per heavy atom. The van der Waals surface area contributed by atoms with Crippen molar-refractivity contribution < 1.29 is 8.42 Å². The SMILES string of the molecule is CCN(CC)CCNS(=O)(=O)c1cccc(C(C)N)c1. The lowest BCUT2D eigenvalue weighted by Gasteiger charge is -2.18. The third-order valence-corrected chi connectivity index (χ3v) is 4.77. The molecule has 0 heterocycles. The predicted octanol–water partition coefficient (Wildman–Crippen LogP) is 1.33. The van der Waals surface area contributed by atoms with Crippen molar-refractivity contribution in [1.82, 2.24) is 9.62 Å². The molecule has 0 aliphatic rings. The smallest absolute Gasteiger partial charge is 0.240 e. The summed E-state index contributed by atoms with van der Waals surface area (Å²) in [5.74, 6) is 0. The molecular weight excluding hydrogens is 274 g/mol. The molecule has 1 atom stereocenters. The summed E-state index contributed by atoms with van der Waals surface area (Å²) in [6, 6.07) is 6.59. The van der Waals surface area contributed by atoms with Crippen molar-refractivity contribution >= 4 is 10.0 Å². The molecule has 0 aliphatic carbocycles. The molecule has 1 aromatic rings. The molecule has 6 heteroatoms. The van der Waals surface area contributed by atoms with Crippen LogP contribution in [0, 0.1) is 0 Å². The van der Waals surface area contributed by atoms with Gasteiger partial charge in [0.25, 0.3) is 0 Å². The molecule has 5 nitrogen and oxygen atoms in total. The summed E-state index contributed by atoms with van der Waals surface area (Å²) in [7, 11) is -3.46. The number of hydrogen-bond donors (Lipinski definition) is 2. The molecule has 3 N–H and O–H groups in total. The Bertz CT molecular complexity index is 511. The van der Waals surface area contributed by atoms with Gasteiger partial charge in [-0.2, -0.15) is 0 Å². The second-order valence-corrected chi connectivity index (χ2v) is 6.55. The first-order valence-electron chi connectivity index (χ1n) is 6.98. The Kier molecular flexibility index (Phi) is 6.61. The van der Waals surface area contributed by atoms with Gasteiger partial charge in [-0.3, -0.25) is 0 Å². The summed E-state index contributed by atoms with van der Waals surface area (Å²) < 4.78 is 27.0. The highest BCUT2D eigenvalue weighted by Crippen LogP contribution is 2.15. The third-order valence-electron chi connectivity index (χ3n) is 3.31. The van der Waals surface area contributed by atoms with Crippen LogP contribution in [0.5, 0.6) is 0 Å². The highest BCUT2D eigenvalue weighted by molar-refractivity contribution is 7.89. The fourth-order valence-corrected chi connectivity index (χ4v) is 3.00. The van der Waals surface area contributed by atoms with Crippen molar-refractivity contribution in [2.45, 2.75) is 31.7 Å². The molecule has 0 radical (unpaired) electrons. The summed E-state index contributed by atoms with van der Waals surface area (Å²) in [5.41, 5.74) is 6.60. The minimum absolute atomic E-state index is 0.180. The van der Waals surface area contributed by atoms with Crippen molar-refractivity contribution in [1.29, 1.82) is 0 Å². The van der Waals surface area contributed by atoms with Gasteiger partial charge in [-0.05, 0) is 37.7 Å². The molecule has 0 amide bonds. The number of likely N-dealkylation sites (N-methyl/N-ethyl adjacent to an activating group) is 1. The zero-order valence-electron chi connectivity index (χ0n) is 12.5. The molecule has 0 fully saturated rings. The zero-order valence-corrected chi connectivity index (χ0v) is 13.3. The van der Waals surface area contributed by atoms with E-state index in [4.69, 9.17) is 5.73 Å². The van der Waals surface area contributed by atoms with Crippen molar-refractivity contribution in [3.63, 3.8) is 0 Å². The van der Waals surface area contributed by atoms with Gasteiger partial charge in [0, 0.05) is 19.1 Å². The first-order valence-corrected chi connectivity index (χ1v) is 8.46. The fourth-order valence-electron chi connectivity index (χ4n) is 1.93. The first-order chi connectivity index (χ1) is 9.40. The van der Waals surface area contributed by atoms with E-state index in [1.807, 2.05) is 13.0 Å². The molecule has 0 saturated carbocycles. The number of nitrogens with one attached hydrogen (secondary N) is 1. The highest BCUT2D eigenvalue weighted by atomic mass is 32.2. The van der Waals surface area contributed by atoms with Crippen LogP contribution in [0.15, 0.2) is 29.2 Å². The summed E-state index contributed by atoms with van der Waals surface area (Å²) in [4.78, 5) is 2.44. The van der Waals surface area contributed by atoms with Gasteiger partial charge in [-0.15, -0.1) is 0 Å². The highest BCUT2D eigenvalue weighted by Gasteiger charge is 2.14. The Labute approximate surface area is 122 Å². The summed E-state index contributed by atoms with van der Waals surface area (Å²) in [6.07, 6.45) is 0. The Morgan fingerprint density at radius 1 is 1.30 bits per heavy atom. The predicted molar refractivity (Wildman–Crippen MR) is 82.0 cm³/mol. The first kappa shape index (κ1) is 17.1. The largest absolute Gasteiger partial charge is 0.324 e. The summed E-state index contributed by atoms with van der Waals surface area (Å²) >= 11 is 0. The third kappa shape index (κ3) is 4.86. The minimum Gasteiger partial charge on any atom is -0.324 e. The van der Waals surface area contributed by atoms with Crippen LogP contribution >= 0.6 is 0 Å². The minimum atomic E-state index is -3.46. The van der Waals surface area contributed by atoms with Crippen molar-refractivity contribution in [2.75, 3.05) is 26.2 Å². The standard InChI is InChI=1S/C14H25N3O2S/c1-4-17(5-2)10-9-16-20(18,19)14-8-6-7-13(11-14)12(3)15/h6-8,11-12,16H,4-5,9-10,15H2,1-3H3. The maximum Gasteiger partial charge on any atom is 0.240 e. The Balaban J connectivity index is 2.71. The maximum absolute atomic E-state index is 12.2. The lowest BCUT2D eigenvalue weighted by atomic mass is 10.1. The molecule has 0 aliphatic heterocycles. The molecule has 114 valence electrons. The number of benzene rings is 1. The molecular formula is C14H25N3O2S. The van der Waals surface area contributed by atoms with Crippen LogP contribution in [0.3, 0.4) is 0 Å². The second kappa shape index (κ2) is 7.73. The molecule has 0 bridgehead atoms. The van der Waals surface area contributed by atoms with Gasteiger partial charge in [0.15, 0.2) is 0 Å². The molecule has 1 aromatic carbocycles. The van der Waals surface area contributed by atoms with Gasteiger partial charge in [-0.25, -0.2) is 13.1 Å². The van der Waals surface area contributed by atoms with E-state index >= 15 is 0 Å². The van der Waals surface area contributed by atoms with Crippen molar-refractivity contribution in [3.8, 4) is 0 Å². The number of sulfonamides is 1. The summed E-state index contributed by atoms with van der Waals surface area (Å²) in [5, 5.41) is 0. The van der Waals surface area contributed by atoms with E-state index in [1.54, 1.807) is 18.2 Å². The number of nitrogens with two attached hydrogens (primary N) is 1. The lowest BCUT2D eigenvalue weighted by molar-refractivity contribution is 0.309. The Morgan fingerprint density at radius 3 is 2.50 bits per heavy atom. The molecule has 0 aromatic heterocycles. The van der Waals surface area contributed by atoms with Gasteiger partial charge in [0.2, 0.25) is 10.0 Å². The van der Waals surface area contributed by atoms with E-state index in [2.05, 4.69) is 23.5 Å². The maximum atomic E-state index is 12.2. The molecule has 0 spiro atoms. The lowest BCUT2D eigenvalue weighted by Crippen LogP contribution is -2.34. The zero-order chi connectivity index (χ0) is 15.2. The van der Waals surface area contributed by atoms with Crippen LogP contribution in [0.1, 0.15) is 32.4 Å². The quantitative estimate of drug-likeness (QED) is 0.759. The van der Waals surface area contributed by atoms with Gasteiger partial charge in [0.05, 0.1) is 4.90 Å². The average molecular weight is 299 g/mol. The van der Waals surface area contributed by atoms with E-state index in [9.17, 15) is 8.42 Å². The normalized spacial score (nSPS) is 13.7. The van der Waals surface area contributed by atoms with Gasteiger partial charge in [0.1, 0.15) is 0 Å². The van der Waals surface area contributed by atoms with Crippen LogP contribution in [0.25, 0.3) is 0 Å². The van der Waals surface area contributed by atoms with E-state index in [0.29, 0.717) is 13.1 Å². The van der Waals surface area contributed by atoms with E-state index in [-0.39, 0.29) is 10.9 Å². The van der Waals surface area contributed by atoms with Gasteiger partial charge >= 0.3 is 0 Å². The second-order valence-electron chi connectivity index (χ2n) is 4.79. The topological polar surface area (TPSA) is 75.4 Å². The summed E-state index contributed by atoms with van der Waals surface area (Å²) in [6.45, 7) is 8.90. The molecule has 1 unspecified atom stereocenters. The van der Waals surface area contributed by atoms with E-state index in [1.165, 1.54) is 0 Å². The van der Waals surface area contributed by atoms with Crippen LogP contribution < -0.4 is 10.5 Å². The van der Waals surface area contributed by atoms with E-state index in [0.717, 1.165) is 18.7 Å². The molecule has 0 saturated heterocycles. The van der Waals surface area contributed by atoms with Gasteiger partial charge in [-0.1, -0.05) is 26.0 Å². The van der Waals surface area contributed by atoms with Crippen LogP contribution in [-0.2, 0) is 10.0 Å². The number of nitrogens with zero attached hydrogens (tertiary/aromatic N) is 1. The van der Waals surface area contributed by atoms with Crippen molar-refractivity contribution in [2.24, 2.45) is 5.73 Å². The number of hydrogen-bond acceptors (Lipinski definition) is 4. The van der Waals surface area contributed by atoms with E-state index < -0.39 is 10.0 Å². The van der Waals surface area contributed by atoms with Crippen LogP contribution in [0.2, 0.25) is 0 Å².